The minimum atomic E-state index is -0.118. The first kappa shape index (κ1) is 15.2. The van der Waals surface area contributed by atoms with Crippen LogP contribution in [0.15, 0.2) is 61.2 Å². The molecule has 0 aliphatic carbocycles. The molecule has 0 spiro atoms. The molecule has 2 rings (SSSR count). The molecule has 110 valence electrons. The summed E-state index contributed by atoms with van der Waals surface area (Å²) in [6.45, 7) is 8.68. The van der Waals surface area contributed by atoms with Gasteiger partial charge in [-0.2, -0.15) is 0 Å². The van der Waals surface area contributed by atoms with Crippen molar-refractivity contribution in [3.8, 4) is 11.5 Å². The van der Waals surface area contributed by atoms with E-state index >= 15 is 0 Å². The highest BCUT2D eigenvalue weighted by atomic mass is 16.5. The van der Waals surface area contributed by atoms with Crippen LogP contribution in [0.5, 0.6) is 11.5 Å². The van der Waals surface area contributed by atoms with Gasteiger partial charge in [0.05, 0.1) is 6.61 Å². The van der Waals surface area contributed by atoms with E-state index in [0.717, 1.165) is 12.2 Å². The molecule has 0 heterocycles. The van der Waals surface area contributed by atoms with Crippen molar-refractivity contribution in [2.24, 2.45) is 0 Å². The lowest BCUT2D eigenvalue weighted by Gasteiger charge is -2.26. The Bertz CT molecular complexity index is 580. The number of phenolic OH excluding ortho intramolecular Hbond substituents is 1. The van der Waals surface area contributed by atoms with Gasteiger partial charge in [-0.1, -0.05) is 44.2 Å². The van der Waals surface area contributed by atoms with E-state index in [2.05, 4.69) is 32.6 Å². The molecule has 0 aromatic heterocycles. The minimum Gasteiger partial charge on any atom is -0.508 e. The van der Waals surface area contributed by atoms with Gasteiger partial charge in [-0.05, 0) is 41.8 Å². The van der Waals surface area contributed by atoms with Crippen LogP contribution in [0.3, 0.4) is 0 Å². The Morgan fingerprint density at radius 2 is 1.52 bits per heavy atom. The lowest BCUT2D eigenvalue weighted by Crippen LogP contribution is -2.18. The second-order valence-corrected chi connectivity index (χ2v) is 5.62. The summed E-state index contributed by atoms with van der Waals surface area (Å²) in [6, 6.07) is 15.6. The van der Waals surface area contributed by atoms with Crippen LogP contribution < -0.4 is 4.74 Å². The Hall–Kier alpha value is -2.22. The van der Waals surface area contributed by atoms with E-state index < -0.39 is 0 Å². The summed E-state index contributed by atoms with van der Waals surface area (Å²) in [4.78, 5) is 0. The monoisotopic (exact) mass is 282 g/mol. The SMILES string of the molecule is C=CCCOc1ccc(C(C)(C)c2ccc(O)cc2)cc1. The summed E-state index contributed by atoms with van der Waals surface area (Å²) in [7, 11) is 0. The highest BCUT2D eigenvalue weighted by Crippen LogP contribution is 2.33. The predicted molar refractivity (Wildman–Crippen MR) is 87.0 cm³/mol. The van der Waals surface area contributed by atoms with Crippen LogP contribution >= 0.6 is 0 Å². The Balaban J connectivity index is 2.16. The number of aromatic hydroxyl groups is 1. The molecule has 0 atom stereocenters. The van der Waals surface area contributed by atoms with Gasteiger partial charge < -0.3 is 9.84 Å². The van der Waals surface area contributed by atoms with Crippen LogP contribution in [0.2, 0.25) is 0 Å². The second-order valence-electron chi connectivity index (χ2n) is 5.62. The molecule has 0 unspecified atom stereocenters. The molecule has 0 aliphatic heterocycles. The van der Waals surface area contributed by atoms with Gasteiger partial charge in [-0.15, -0.1) is 6.58 Å². The number of phenols is 1. The third kappa shape index (κ3) is 3.66. The van der Waals surface area contributed by atoms with Gasteiger partial charge >= 0.3 is 0 Å². The molecular weight excluding hydrogens is 260 g/mol. The van der Waals surface area contributed by atoms with Gasteiger partial charge in [0, 0.05) is 5.41 Å². The number of rotatable bonds is 6. The topological polar surface area (TPSA) is 29.5 Å². The molecule has 2 aromatic carbocycles. The molecule has 0 radical (unpaired) electrons. The summed E-state index contributed by atoms with van der Waals surface area (Å²) in [5, 5.41) is 9.41. The first-order chi connectivity index (χ1) is 10.0. The number of ether oxygens (including phenoxy) is 1. The van der Waals surface area contributed by atoms with Crippen LogP contribution in [-0.2, 0) is 5.41 Å². The van der Waals surface area contributed by atoms with Crippen molar-refractivity contribution in [2.75, 3.05) is 6.61 Å². The lowest BCUT2D eigenvalue weighted by molar-refractivity contribution is 0.325. The van der Waals surface area contributed by atoms with Crippen molar-refractivity contribution in [1.82, 2.24) is 0 Å². The molecule has 0 bridgehead atoms. The number of hydrogen-bond donors (Lipinski definition) is 1. The van der Waals surface area contributed by atoms with Gasteiger partial charge in [0.25, 0.3) is 0 Å². The molecule has 0 aliphatic rings. The molecule has 0 saturated carbocycles. The summed E-state index contributed by atoms with van der Waals surface area (Å²) in [5.41, 5.74) is 2.26. The fourth-order valence-corrected chi connectivity index (χ4v) is 2.27. The fraction of sp³-hybridized carbons (Fsp3) is 0.263. The van der Waals surface area contributed by atoms with Crippen molar-refractivity contribution in [3.63, 3.8) is 0 Å². The summed E-state index contributed by atoms with van der Waals surface area (Å²) >= 11 is 0. The summed E-state index contributed by atoms with van der Waals surface area (Å²) in [5.74, 6) is 1.17. The molecule has 2 nitrogen and oxygen atoms in total. The van der Waals surface area contributed by atoms with Crippen LogP contribution in [0.25, 0.3) is 0 Å². The zero-order valence-electron chi connectivity index (χ0n) is 12.7. The van der Waals surface area contributed by atoms with Gasteiger partial charge in [0.15, 0.2) is 0 Å². The first-order valence-corrected chi connectivity index (χ1v) is 7.18. The number of hydrogen-bond acceptors (Lipinski definition) is 2. The van der Waals surface area contributed by atoms with E-state index in [1.165, 1.54) is 11.1 Å². The highest BCUT2D eigenvalue weighted by Gasteiger charge is 2.22. The minimum absolute atomic E-state index is 0.118. The molecule has 21 heavy (non-hydrogen) atoms. The molecule has 2 aromatic rings. The molecule has 0 saturated heterocycles. The maximum Gasteiger partial charge on any atom is 0.119 e. The van der Waals surface area contributed by atoms with Gasteiger partial charge in [0.2, 0.25) is 0 Å². The van der Waals surface area contributed by atoms with E-state index in [1.807, 2.05) is 30.3 Å². The quantitative estimate of drug-likeness (QED) is 0.616. The average Bonchev–Trinajstić information content (AvgIpc) is 2.48. The molecular formula is C19H22O2. The zero-order valence-corrected chi connectivity index (χ0v) is 12.7. The lowest BCUT2D eigenvalue weighted by atomic mass is 9.78. The van der Waals surface area contributed by atoms with Crippen molar-refractivity contribution < 1.29 is 9.84 Å². The zero-order chi connectivity index (χ0) is 15.3. The third-order valence-corrected chi connectivity index (χ3v) is 3.76. The maximum atomic E-state index is 9.41. The van der Waals surface area contributed by atoms with Crippen LogP contribution in [0.4, 0.5) is 0 Å². The predicted octanol–water partition coefficient (Wildman–Crippen LogP) is 4.67. The standard InChI is InChI=1S/C19H22O2/c1-4-5-14-21-18-12-8-16(9-13-18)19(2,3)15-6-10-17(20)11-7-15/h4,6-13,20H,1,5,14H2,2-3H3. The van der Waals surface area contributed by atoms with Gasteiger partial charge in [0.1, 0.15) is 11.5 Å². The third-order valence-electron chi connectivity index (χ3n) is 3.76. The van der Waals surface area contributed by atoms with Crippen molar-refractivity contribution in [3.05, 3.63) is 72.3 Å². The second kappa shape index (κ2) is 6.49. The summed E-state index contributed by atoms with van der Waals surface area (Å²) in [6.07, 6.45) is 2.70. The largest absolute Gasteiger partial charge is 0.508 e. The van der Waals surface area contributed by atoms with Crippen molar-refractivity contribution >= 4 is 0 Å². The Morgan fingerprint density at radius 1 is 1.00 bits per heavy atom. The Kier molecular flexibility index (Phi) is 4.69. The smallest absolute Gasteiger partial charge is 0.119 e. The normalized spacial score (nSPS) is 11.1. The molecule has 2 heteroatoms. The first-order valence-electron chi connectivity index (χ1n) is 7.18. The van der Waals surface area contributed by atoms with E-state index in [1.54, 1.807) is 12.1 Å². The van der Waals surface area contributed by atoms with Crippen molar-refractivity contribution in [1.29, 1.82) is 0 Å². The van der Waals surface area contributed by atoms with E-state index in [0.29, 0.717) is 12.4 Å². The Labute approximate surface area is 126 Å². The fourth-order valence-electron chi connectivity index (χ4n) is 2.27. The summed E-state index contributed by atoms with van der Waals surface area (Å²) < 4.78 is 5.63. The van der Waals surface area contributed by atoms with E-state index in [4.69, 9.17) is 4.74 Å². The van der Waals surface area contributed by atoms with E-state index in [-0.39, 0.29) is 5.41 Å². The maximum absolute atomic E-state index is 9.41. The molecule has 0 fully saturated rings. The van der Waals surface area contributed by atoms with Gasteiger partial charge in [-0.25, -0.2) is 0 Å². The Morgan fingerprint density at radius 3 is 2.05 bits per heavy atom. The molecule has 1 N–H and O–H groups in total. The average molecular weight is 282 g/mol. The van der Waals surface area contributed by atoms with Gasteiger partial charge in [-0.3, -0.25) is 0 Å². The highest BCUT2D eigenvalue weighted by molar-refractivity contribution is 5.41. The van der Waals surface area contributed by atoms with Crippen LogP contribution in [0, 0.1) is 0 Å². The van der Waals surface area contributed by atoms with E-state index in [9.17, 15) is 5.11 Å². The number of benzene rings is 2. The van der Waals surface area contributed by atoms with Crippen molar-refractivity contribution in [2.45, 2.75) is 25.7 Å². The van der Waals surface area contributed by atoms with Crippen LogP contribution in [-0.4, -0.2) is 11.7 Å². The molecule has 0 amide bonds. The van der Waals surface area contributed by atoms with Crippen LogP contribution in [0.1, 0.15) is 31.4 Å².